The van der Waals surface area contributed by atoms with Gasteiger partial charge in [-0.1, -0.05) is 26.2 Å². The number of aryl methyl sites for hydroxylation is 1. The van der Waals surface area contributed by atoms with Gasteiger partial charge in [0.05, 0.1) is 12.8 Å². The van der Waals surface area contributed by atoms with Crippen molar-refractivity contribution in [2.75, 3.05) is 7.11 Å². The molecule has 3 heteroatoms. The van der Waals surface area contributed by atoms with Gasteiger partial charge in [-0.15, -0.1) is 0 Å². The maximum atomic E-state index is 5.25. The number of rotatable bonds is 8. The maximum absolute atomic E-state index is 5.25. The molecule has 0 aromatic carbocycles. The van der Waals surface area contributed by atoms with Gasteiger partial charge >= 0.3 is 0 Å². The Bertz CT molecular complexity index is 352. The zero-order chi connectivity index (χ0) is 13.4. The lowest BCUT2D eigenvalue weighted by molar-refractivity contribution is 0.412. The number of pyridine rings is 1. The van der Waals surface area contributed by atoms with Crippen LogP contribution in [0.15, 0.2) is 12.1 Å². The van der Waals surface area contributed by atoms with E-state index in [1.165, 1.54) is 25.7 Å². The number of ether oxygens (including phenoxy) is 1. The summed E-state index contributed by atoms with van der Waals surface area (Å²) < 4.78 is 5.25. The summed E-state index contributed by atoms with van der Waals surface area (Å²) in [6.45, 7) is 7.28. The third kappa shape index (κ3) is 5.50. The van der Waals surface area contributed by atoms with Gasteiger partial charge in [-0.25, -0.2) is 0 Å². The average Bonchev–Trinajstić information content (AvgIpc) is 2.36. The fourth-order valence-electron chi connectivity index (χ4n) is 1.99. The highest BCUT2D eigenvalue weighted by atomic mass is 16.5. The fourth-order valence-corrected chi connectivity index (χ4v) is 1.99. The minimum atomic E-state index is 0.546. The molecule has 3 nitrogen and oxygen atoms in total. The Kier molecular flexibility index (Phi) is 6.73. The second-order valence-corrected chi connectivity index (χ2v) is 4.92. The number of aromatic nitrogens is 1. The van der Waals surface area contributed by atoms with Gasteiger partial charge in [0, 0.05) is 30.4 Å². The molecule has 1 unspecified atom stereocenters. The summed E-state index contributed by atoms with van der Waals surface area (Å²) >= 11 is 0. The molecule has 1 atom stereocenters. The molecule has 1 rings (SSSR count). The molecule has 102 valence electrons. The number of nitrogens with one attached hydrogen (secondary N) is 1. The molecule has 1 heterocycles. The molecule has 0 aliphatic carbocycles. The molecule has 0 amide bonds. The Labute approximate surface area is 111 Å². The van der Waals surface area contributed by atoms with E-state index in [-0.39, 0.29) is 0 Å². The number of hydrogen-bond acceptors (Lipinski definition) is 3. The van der Waals surface area contributed by atoms with Crippen molar-refractivity contribution in [2.24, 2.45) is 0 Å². The highest BCUT2D eigenvalue weighted by Crippen LogP contribution is 2.13. The van der Waals surface area contributed by atoms with E-state index in [9.17, 15) is 0 Å². The van der Waals surface area contributed by atoms with Crippen LogP contribution in [0, 0.1) is 6.92 Å². The van der Waals surface area contributed by atoms with Gasteiger partial charge in [-0.05, 0) is 20.3 Å². The van der Waals surface area contributed by atoms with E-state index in [1.807, 2.05) is 19.1 Å². The normalized spacial score (nSPS) is 12.4. The molecule has 0 aliphatic heterocycles. The van der Waals surface area contributed by atoms with Gasteiger partial charge in [0.1, 0.15) is 5.75 Å². The van der Waals surface area contributed by atoms with Crippen molar-refractivity contribution in [3.63, 3.8) is 0 Å². The van der Waals surface area contributed by atoms with Crippen molar-refractivity contribution in [1.82, 2.24) is 10.3 Å². The molecule has 1 aromatic rings. The second kappa shape index (κ2) is 8.09. The lowest BCUT2D eigenvalue weighted by atomic mass is 10.1. The molecule has 0 saturated heterocycles. The van der Waals surface area contributed by atoms with Crippen LogP contribution in [0.2, 0.25) is 0 Å². The highest BCUT2D eigenvalue weighted by molar-refractivity contribution is 5.26. The molecular weight excluding hydrogens is 224 g/mol. The van der Waals surface area contributed by atoms with E-state index in [2.05, 4.69) is 24.1 Å². The zero-order valence-corrected chi connectivity index (χ0v) is 12.1. The van der Waals surface area contributed by atoms with Crippen molar-refractivity contribution in [2.45, 2.75) is 59.0 Å². The predicted octanol–water partition coefficient (Wildman–Crippen LogP) is 3.46. The van der Waals surface area contributed by atoms with Crippen molar-refractivity contribution in [3.8, 4) is 5.75 Å². The summed E-state index contributed by atoms with van der Waals surface area (Å²) in [5.41, 5.74) is 2.05. The summed E-state index contributed by atoms with van der Waals surface area (Å²) in [6, 6.07) is 4.50. The average molecular weight is 250 g/mol. The minimum Gasteiger partial charge on any atom is -0.497 e. The predicted molar refractivity (Wildman–Crippen MR) is 76.0 cm³/mol. The van der Waals surface area contributed by atoms with E-state index in [4.69, 9.17) is 4.74 Å². The summed E-state index contributed by atoms with van der Waals surface area (Å²) in [7, 11) is 1.69. The Morgan fingerprint density at radius 2 is 2.11 bits per heavy atom. The lowest BCUT2D eigenvalue weighted by Crippen LogP contribution is -2.25. The fraction of sp³-hybridized carbons (Fsp3) is 0.667. The molecule has 18 heavy (non-hydrogen) atoms. The van der Waals surface area contributed by atoms with Crippen molar-refractivity contribution < 1.29 is 4.74 Å². The first-order valence-corrected chi connectivity index (χ1v) is 6.90. The molecular formula is C15H26N2O. The summed E-state index contributed by atoms with van der Waals surface area (Å²) in [6.07, 6.45) is 5.14. The number of unbranched alkanes of at least 4 members (excludes halogenated alkanes) is 2. The van der Waals surface area contributed by atoms with Crippen LogP contribution in [-0.2, 0) is 6.54 Å². The van der Waals surface area contributed by atoms with Gasteiger partial charge in [-0.2, -0.15) is 0 Å². The Balaban J connectivity index is 2.40. The number of methoxy groups -OCH3 is 1. The van der Waals surface area contributed by atoms with Crippen molar-refractivity contribution in [3.05, 3.63) is 23.5 Å². The van der Waals surface area contributed by atoms with Crippen LogP contribution in [-0.4, -0.2) is 18.1 Å². The molecule has 0 saturated carbocycles. The zero-order valence-electron chi connectivity index (χ0n) is 12.1. The van der Waals surface area contributed by atoms with E-state index in [0.29, 0.717) is 6.04 Å². The van der Waals surface area contributed by atoms with E-state index < -0.39 is 0 Å². The van der Waals surface area contributed by atoms with E-state index in [0.717, 1.165) is 23.7 Å². The Morgan fingerprint density at radius 1 is 1.33 bits per heavy atom. The third-order valence-corrected chi connectivity index (χ3v) is 3.09. The van der Waals surface area contributed by atoms with Gasteiger partial charge in [0.15, 0.2) is 0 Å². The van der Waals surface area contributed by atoms with Crippen molar-refractivity contribution >= 4 is 0 Å². The molecule has 0 radical (unpaired) electrons. The lowest BCUT2D eigenvalue weighted by Gasteiger charge is -2.14. The standard InChI is InChI=1S/C15H26N2O/c1-5-6-7-8-12(2)16-11-14-10-15(18-4)9-13(3)17-14/h9-10,12,16H,5-8,11H2,1-4H3. The van der Waals surface area contributed by atoms with E-state index in [1.54, 1.807) is 7.11 Å². The molecule has 0 aliphatic rings. The monoisotopic (exact) mass is 250 g/mol. The van der Waals surface area contributed by atoms with Crippen LogP contribution in [0.3, 0.4) is 0 Å². The van der Waals surface area contributed by atoms with Crippen LogP contribution in [0.1, 0.15) is 50.9 Å². The Hall–Kier alpha value is -1.09. The maximum Gasteiger partial charge on any atom is 0.122 e. The van der Waals surface area contributed by atoms with Crippen LogP contribution in [0.25, 0.3) is 0 Å². The van der Waals surface area contributed by atoms with Crippen LogP contribution in [0.4, 0.5) is 0 Å². The van der Waals surface area contributed by atoms with Crippen LogP contribution < -0.4 is 10.1 Å². The Morgan fingerprint density at radius 3 is 2.78 bits per heavy atom. The molecule has 0 spiro atoms. The molecule has 0 bridgehead atoms. The first-order chi connectivity index (χ1) is 8.65. The van der Waals surface area contributed by atoms with Crippen molar-refractivity contribution in [1.29, 1.82) is 0 Å². The number of nitrogens with zero attached hydrogens (tertiary/aromatic N) is 1. The third-order valence-electron chi connectivity index (χ3n) is 3.09. The quantitative estimate of drug-likeness (QED) is 0.717. The summed E-state index contributed by atoms with van der Waals surface area (Å²) in [5, 5.41) is 3.52. The first-order valence-electron chi connectivity index (χ1n) is 6.90. The van der Waals surface area contributed by atoms with Gasteiger partial charge < -0.3 is 10.1 Å². The topological polar surface area (TPSA) is 34.1 Å². The molecule has 1 aromatic heterocycles. The second-order valence-electron chi connectivity index (χ2n) is 4.92. The van der Waals surface area contributed by atoms with Crippen LogP contribution >= 0.6 is 0 Å². The van der Waals surface area contributed by atoms with Gasteiger partial charge in [-0.3, -0.25) is 4.98 Å². The minimum absolute atomic E-state index is 0.546. The highest BCUT2D eigenvalue weighted by Gasteiger charge is 2.04. The molecule has 0 fully saturated rings. The van der Waals surface area contributed by atoms with Gasteiger partial charge in [0.2, 0.25) is 0 Å². The summed E-state index contributed by atoms with van der Waals surface area (Å²) in [5.74, 6) is 0.887. The van der Waals surface area contributed by atoms with Crippen LogP contribution in [0.5, 0.6) is 5.75 Å². The number of hydrogen-bond donors (Lipinski definition) is 1. The summed E-state index contributed by atoms with van der Waals surface area (Å²) in [4.78, 5) is 4.51. The molecule has 1 N–H and O–H groups in total. The van der Waals surface area contributed by atoms with E-state index >= 15 is 0 Å². The first kappa shape index (κ1) is 15.0. The van der Waals surface area contributed by atoms with Gasteiger partial charge in [0.25, 0.3) is 0 Å². The largest absolute Gasteiger partial charge is 0.497 e. The SMILES string of the molecule is CCCCCC(C)NCc1cc(OC)cc(C)n1. The smallest absolute Gasteiger partial charge is 0.122 e.